The molecule has 0 aliphatic carbocycles. The number of carbonyl (C=O) groups is 2. The van der Waals surface area contributed by atoms with Crippen molar-refractivity contribution in [1.29, 1.82) is 0 Å². The lowest BCUT2D eigenvalue weighted by molar-refractivity contribution is -0.175. The zero-order valence-electron chi connectivity index (χ0n) is 16.1. The van der Waals surface area contributed by atoms with E-state index < -0.39 is 24.3 Å². The number of nitrogens with one attached hydrogen (secondary N) is 2. The van der Waals surface area contributed by atoms with Gasteiger partial charge in [-0.3, -0.25) is 9.63 Å². The van der Waals surface area contributed by atoms with Crippen LogP contribution in [0.2, 0.25) is 0 Å². The number of rotatable bonds is 17. The highest BCUT2D eigenvalue weighted by molar-refractivity contribution is 5.75. The maximum absolute atomic E-state index is 11.1. The van der Waals surface area contributed by atoms with Crippen LogP contribution in [0.15, 0.2) is 0 Å². The first kappa shape index (κ1) is 24.8. The van der Waals surface area contributed by atoms with E-state index in [9.17, 15) is 19.8 Å². The highest BCUT2D eigenvalue weighted by Crippen LogP contribution is 2.10. The smallest absolute Gasteiger partial charge is 0.337 e. The van der Waals surface area contributed by atoms with Crippen LogP contribution in [0, 0.1) is 0 Å². The average Bonchev–Trinajstić information content (AvgIpc) is 2.63. The van der Waals surface area contributed by atoms with Crippen LogP contribution in [-0.4, -0.2) is 59.1 Å². The van der Waals surface area contributed by atoms with E-state index in [0.717, 1.165) is 51.4 Å². The Labute approximate surface area is 156 Å². The second kappa shape index (κ2) is 16.0. The van der Waals surface area contributed by atoms with Crippen LogP contribution in [-0.2, 0) is 14.4 Å². The monoisotopic (exact) mass is 376 g/mol. The van der Waals surface area contributed by atoms with E-state index in [1.807, 2.05) is 0 Å². The van der Waals surface area contributed by atoms with Crippen molar-refractivity contribution in [3.05, 3.63) is 0 Å². The van der Waals surface area contributed by atoms with Crippen molar-refractivity contribution in [2.24, 2.45) is 0 Å². The first-order valence-corrected chi connectivity index (χ1v) is 9.62. The van der Waals surface area contributed by atoms with Crippen molar-refractivity contribution >= 4 is 11.9 Å². The van der Waals surface area contributed by atoms with Gasteiger partial charge in [0.1, 0.15) is 6.10 Å². The molecule has 1 amide bonds. The molecule has 0 fully saturated rings. The van der Waals surface area contributed by atoms with E-state index in [1.54, 1.807) is 14.0 Å². The Balaban J connectivity index is 3.57. The van der Waals surface area contributed by atoms with E-state index in [1.165, 1.54) is 0 Å². The molecule has 8 nitrogen and oxygen atoms in total. The van der Waals surface area contributed by atoms with E-state index in [2.05, 4.69) is 10.8 Å². The number of carboxylic acids is 1. The van der Waals surface area contributed by atoms with Crippen LogP contribution in [0.4, 0.5) is 0 Å². The molecule has 0 aromatic carbocycles. The van der Waals surface area contributed by atoms with E-state index in [4.69, 9.17) is 9.94 Å². The van der Waals surface area contributed by atoms with Crippen molar-refractivity contribution < 1.29 is 29.7 Å². The molecule has 0 heterocycles. The summed E-state index contributed by atoms with van der Waals surface area (Å²) < 4.78 is 0. The van der Waals surface area contributed by atoms with Crippen molar-refractivity contribution in [3.63, 3.8) is 0 Å². The Morgan fingerprint density at radius 3 is 2.00 bits per heavy atom. The van der Waals surface area contributed by atoms with Crippen LogP contribution in [0.3, 0.4) is 0 Å². The Kier molecular flexibility index (Phi) is 15.2. The van der Waals surface area contributed by atoms with Gasteiger partial charge in [0.2, 0.25) is 12.0 Å². The summed E-state index contributed by atoms with van der Waals surface area (Å²) in [4.78, 5) is 27.1. The van der Waals surface area contributed by atoms with Gasteiger partial charge in [-0.25, -0.2) is 10.3 Å². The minimum Gasteiger partial charge on any atom is -0.479 e. The second-order valence-electron chi connectivity index (χ2n) is 6.49. The zero-order valence-corrected chi connectivity index (χ0v) is 16.1. The van der Waals surface area contributed by atoms with Gasteiger partial charge in [0.05, 0.1) is 6.10 Å². The van der Waals surface area contributed by atoms with Crippen molar-refractivity contribution in [2.75, 3.05) is 13.6 Å². The van der Waals surface area contributed by atoms with Crippen LogP contribution in [0.25, 0.3) is 0 Å². The lowest BCUT2D eigenvalue weighted by Crippen LogP contribution is -2.46. The van der Waals surface area contributed by atoms with Crippen LogP contribution in [0.1, 0.15) is 71.1 Å². The maximum atomic E-state index is 11.1. The quantitative estimate of drug-likeness (QED) is 0.191. The molecular formula is C18H36N2O6. The Morgan fingerprint density at radius 1 is 0.962 bits per heavy atom. The zero-order chi connectivity index (χ0) is 19.8. The molecule has 0 saturated carbocycles. The number of aliphatic carboxylic acids is 1. The van der Waals surface area contributed by atoms with Gasteiger partial charge in [-0.15, -0.1) is 0 Å². The summed E-state index contributed by atoms with van der Waals surface area (Å²) in [6.07, 6.45) is 5.15. The second-order valence-corrected chi connectivity index (χ2v) is 6.49. The molecule has 5 N–H and O–H groups in total. The third-order valence-corrected chi connectivity index (χ3v) is 4.29. The summed E-state index contributed by atoms with van der Waals surface area (Å²) in [5.74, 6) is -1.21. The Morgan fingerprint density at radius 2 is 1.50 bits per heavy atom. The topological polar surface area (TPSA) is 128 Å². The Bertz CT molecular complexity index is 381. The van der Waals surface area contributed by atoms with Gasteiger partial charge < -0.3 is 20.6 Å². The van der Waals surface area contributed by atoms with Gasteiger partial charge in [0.15, 0.2) is 0 Å². The van der Waals surface area contributed by atoms with Crippen molar-refractivity contribution in [1.82, 2.24) is 10.8 Å². The molecule has 0 radical (unpaired) electrons. The first-order valence-electron chi connectivity index (χ1n) is 9.62. The fourth-order valence-electron chi connectivity index (χ4n) is 2.53. The first-order chi connectivity index (χ1) is 12.4. The van der Waals surface area contributed by atoms with Crippen molar-refractivity contribution in [3.8, 4) is 0 Å². The number of unbranched alkanes of at least 4 members (excludes halogenated alkanes) is 7. The van der Waals surface area contributed by atoms with Gasteiger partial charge >= 0.3 is 5.97 Å². The molecule has 3 unspecified atom stereocenters. The largest absolute Gasteiger partial charge is 0.479 e. The highest BCUT2D eigenvalue weighted by atomic mass is 16.7. The van der Waals surface area contributed by atoms with Crippen LogP contribution >= 0.6 is 0 Å². The molecule has 8 heteroatoms. The molecule has 3 atom stereocenters. The SMILES string of the molecule is CCC(O)C(O)C(ONCCCCCCCCCCC(=O)NC)C(=O)O. The fraction of sp³-hybridized carbons (Fsp3) is 0.889. The predicted molar refractivity (Wildman–Crippen MR) is 98.4 cm³/mol. The molecule has 0 rings (SSSR count). The third kappa shape index (κ3) is 12.2. The number of carbonyl (C=O) groups excluding carboxylic acids is 1. The number of hydrogen-bond donors (Lipinski definition) is 5. The van der Waals surface area contributed by atoms with Gasteiger partial charge in [-0.2, -0.15) is 0 Å². The third-order valence-electron chi connectivity index (χ3n) is 4.29. The molecule has 0 aromatic heterocycles. The van der Waals surface area contributed by atoms with Crippen molar-refractivity contribution in [2.45, 2.75) is 89.4 Å². The number of amides is 1. The lowest BCUT2D eigenvalue weighted by atomic mass is 10.1. The molecule has 26 heavy (non-hydrogen) atoms. The standard InChI is InChI=1S/C18H36N2O6/c1-3-14(21)16(23)17(18(24)25)26-20-13-11-9-7-5-4-6-8-10-12-15(22)19-2/h14,16-17,20-21,23H,3-13H2,1-2H3,(H,19,22)(H,24,25). The highest BCUT2D eigenvalue weighted by Gasteiger charge is 2.32. The van der Waals surface area contributed by atoms with Gasteiger partial charge in [-0.1, -0.05) is 45.4 Å². The predicted octanol–water partition coefficient (Wildman–Crippen LogP) is 1.35. The minimum absolute atomic E-state index is 0.0987. The molecule has 0 spiro atoms. The molecule has 154 valence electrons. The summed E-state index contributed by atoms with van der Waals surface area (Å²) in [5.41, 5.74) is 2.57. The lowest BCUT2D eigenvalue weighted by Gasteiger charge is -2.23. The fourth-order valence-corrected chi connectivity index (χ4v) is 2.53. The van der Waals surface area contributed by atoms with Crippen LogP contribution < -0.4 is 10.8 Å². The van der Waals surface area contributed by atoms with E-state index in [-0.39, 0.29) is 12.3 Å². The number of hydrogen-bond acceptors (Lipinski definition) is 6. The molecule has 0 aliphatic heterocycles. The average molecular weight is 376 g/mol. The summed E-state index contributed by atoms with van der Waals surface area (Å²) in [7, 11) is 1.65. The van der Waals surface area contributed by atoms with Gasteiger partial charge in [0.25, 0.3) is 0 Å². The molecule has 0 aliphatic rings. The summed E-state index contributed by atoms with van der Waals surface area (Å²) in [6.45, 7) is 2.15. The minimum atomic E-state index is -1.49. The van der Waals surface area contributed by atoms with Gasteiger partial charge in [-0.05, 0) is 19.3 Å². The summed E-state index contributed by atoms with van der Waals surface area (Å²) in [6, 6.07) is 0. The van der Waals surface area contributed by atoms with Gasteiger partial charge in [0, 0.05) is 20.0 Å². The number of aliphatic hydroxyl groups is 2. The van der Waals surface area contributed by atoms with E-state index in [0.29, 0.717) is 13.0 Å². The molecule has 0 saturated heterocycles. The number of aliphatic hydroxyl groups excluding tert-OH is 2. The maximum Gasteiger partial charge on any atom is 0.337 e. The van der Waals surface area contributed by atoms with Crippen LogP contribution in [0.5, 0.6) is 0 Å². The normalized spacial score (nSPS) is 14.6. The summed E-state index contributed by atoms with van der Waals surface area (Å²) >= 11 is 0. The molecule has 0 bridgehead atoms. The van der Waals surface area contributed by atoms with E-state index >= 15 is 0 Å². The Hall–Kier alpha value is -1.22. The molecular weight excluding hydrogens is 340 g/mol. The number of hydroxylamine groups is 1. The summed E-state index contributed by atoms with van der Waals surface area (Å²) in [5, 5.41) is 30.9. The number of carboxylic acid groups (broad SMARTS) is 1. The molecule has 0 aromatic rings.